The molecule has 0 amide bonds. The molecule has 3 aromatic rings. The Hall–Kier alpha value is -1.20. The molecule has 0 N–H and O–H groups in total. The molecular weight excluding hydrogens is 360 g/mol. The van der Waals surface area contributed by atoms with Crippen molar-refractivity contribution >= 4 is 48.4 Å². The van der Waals surface area contributed by atoms with Gasteiger partial charge in [-0.2, -0.15) is 0 Å². The number of aromatic nitrogens is 2. The maximum absolute atomic E-state index is 12.4. The third kappa shape index (κ3) is 1.87. The molecule has 2 aromatic heterocycles. The Morgan fingerprint density at radius 1 is 1.22 bits per heavy atom. The number of hydrogen-bond acceptors (Lipinski definition) is 2. The first-order chi connectivity index (χ1) is 8.69. The molecule has 3 rings (SSSR count). The highest BCUT2D eigenvalue weighted by atomic mass is 79.9. The van der Waals surface area contributed by atoms with Gasteiger partial charge in [0.2, 0.25) is 0 Å². The lowest BCUT2D eigenvalue weighted by Gasteiger charge is -2.04. The van der Waals surface area contributed by atoms with Crippen molar-refractivity contribution in [3.05, 3.63) is 56.9 Å². The van der Waals surface area contributed by atoms with Gasteiger partial charge in [-0.25, -0.2) is 4.98 Å². The number of nitrogens with zero attached hydrogens (tertiary/aromatic N) is 2. The molecule has 90 valence electrons. The van der Waals surface area contributed by atoms with Gasteiger partial charge in [0.1, 0.15) is 5.65 Å². The standard InChI is InChI=1S/C13H8Br2N2O/c14-6-8-1-3-11-10(5-8)13(18)17-7-9(15)2-4-12(17)16-11/h1-5,7H,6H2. The Labute approximate surface area is 120 Å². The molecular formula is C13H8Br2N2O. The Kier molecular flexibility index (Phi) is 2.95. The lowest BCUT2D eigenvalue weighted by Crippen LogP contribution is -2.15. The molecule has 0 unspecified atom stereocenters. The number of rotatable bonds is 1. The van der Waals surface area contributed by atoms with Crippen molar-refractivity contribution in [2.45, 2.75) is 5.33 Å². The van der Waals surface area contributed by atoms with Crippen molar-refractivity contribution in [3.8, 4) is 0 Å². The van der Waals surface area contributed by atoms with Crippen LogP contribution in [0.3, 0.4) is 0 Å². The molecule has 0 radical (unpaired) electrons. The third-order valence-electron chi connectivity index (χ3n) is 2.79. The summed E-state index contributed by atoms with van der Waals surface area (Å²) >= 11 is 6.76. The minimum atomic E-state index is -0.0425. The fourth-order valence-electron chi connectivity index (χ4n) is 1.91. The van der Waals surface area contributed by atoms with Crippen molar-refractivity contribution in [2.75, 3.05) is 0 Å². The molecule has 0 fully saturated rings. The monoisotopic (exact) mass is 366 g/mol. The third-order valence-corrected chi connectivity index (χ3v) is 3.91. The van der Waals surface area contributed by atoms with Gasteiger partial charge in [-0.05, 0) is 45.8 Å². The van der Waals surface area contributed by atoms with E-state index in [1.54, 1.807) is 10.6 Å². The minimum Gasteiger partial charge on any atom is -0.268 e. The highest BCUT2D eigenvalue weighted by Crippen LogP contribution is 2.15. The van der Waals surface area contributed by atoms with E-state index in [0.29, 0.717) is 11.0 Å². The topological polar surface area (TPSA) is 34.4 Å². The Morgan fingerprint density at radius 2 is 2.06 bits per heavy atom. The molecule has 0 atom stereocenters. The normalized spacial score (nSPS) is 11.2. The van der Waals surface area contributed by atoms with E-state index in [2.05, 4.69) is 36.8 Å². The van der Waals surface area contributed by atoms with Gasteiger partial charge in [0.25, 0.3) is 5.56 Å². The second-order valence-electron chi connectivity index (χ2n) is 3.98. The van der Waals surface area contributed by atoms with E-state index in [9.17, 15) is 4.79 Å². The van der Waals surface area contributed by atoms with Gasteiger partial charge < -0.3 is 0 Å². The van der Waals surface area contributed by atoms with Crippen LogP contribution in [0.25, 0.3) is 16.6 Å². The molecule has 1 aromatic carbocycles. The summed E-state index contributed by atoms with van der Waals surface area (Å²) in [4.78, 5) is 16.9. The largest absolute Gasteiger partial charge is 0.268 e. The van der Waals surface area contributed by atoms with E-state index >= 15 is 0 Å². The van der Waals surface area contributed by atoms with Crippen LogP contribution >= 0.6 is 31.9 Å². The van der Waals surface area contributed by atoms with Crippen LogP contribution in [0.4, 0.5) is 0 Å². The summed E-state index contributed by atoms with van der Waals surface area (Å²) in [7, 11) is 0. The van der Waals surface area contributed by atoms with Crippen molar-refractivity contribution in [2.24, 2.45) is 0 Å². The van der Waals surface area contributed by atoms with E-state index in [-0.39, 0.29) is 5.56 Å². The fraction of sp³-hybridized carbons (Fsp3) is 0.0769. The predicted molar refractivity (Wildman–Crippen MR) is 79.3 cm³/mol. The summed E-state index contributed by atoms with van der Waals surface area (Å²) in [6.45, 7) is 0. The number of pyridine rings is 1. The highest BCUT2D eigenvalue weighted by Gasteiger charge is 2.06. The van der Waals surface area contributed by atoms with Gasteiger partial charge >= 0.3 is 0 Å². The molecule has 5 heteroatoms. The maximum atomic E-state index is 12.4. The van der Waals surface area contributed by atoms with Crippen molar-refractivity contribution in [1.82, 2.24) is 9.38 Å². The zero-order chi connectivity index (χ0) is 12.7. The van der Waals surface area contributed by atoms with Crippen LogP contribution in [0.2, 0.25) is 0 Å². The maximum Gasteiger partial charge on any atom is 0.265 e. The Balaban J connectivity index is 2.49. The molecule has 3 nitrogen and oxygen atoms in total. The van der Waals surface area contributed by atoms with Crippen molar-refractivity contribution in [1.29, 1.82) is 0 Å². The number of alkyl halides is 1. The van der Waals surface area contributed by atoms with Crippen LogP contribution in [-0.4, -0.2) is 9.38 Å². The van der Waals surface area contributed by atoms with Crippen LogP contribution in [0.5, 0.6) is 0 Å². The van der Waals surface area contributed by atoms with Crippen molar-refractivity contribution in [3.63, 3.8) is 0 Å². The zero-order valence-electron chi connectivity index (χ0n) is 9.23. The van der Waals surface area contributed by atoms with Gasteiger partial charge in [0.15, 0.2) is 0 Å². The summed E-state index contributed by atoms with van der Waals surface area (Å²) in [5.74, 6) is 0. The highest BCUT2D eigenvalue weighted by molar-refractivity contribution is 9.10. The smallest absolute Gasteiger partial charge is 0.265 e. The average molecular weight is 368 g/mol. The van der Waals surface area contributed by atoms with E-state index in [1.165, 1.54) is 0 Å². The van der Waals surface area contributed by atoms with Crippen LogP contribution in [0, 0.1) is 0 Å². The second kappa shape index (κ2) is 4.48. The molecule has 0 spiro atoms. The fourth-order valence-corrected chi connectivity index (χ4v) is 2.59. The van der Waals surface area contributed by atoms with E-state index in [4.69, 9.17) is 0 Å². The summed E-state index contributed by atoms with van der Waals surface area (Å²) in [6.07, 6.45) is 1.74. The first kappa shape index (κ1) is 11.9. The molecule has 0 aliphatic rings. The number of hydrogen-bond donors (Lipinski definition) is 0. The first-order valence-corrected chi connectivity index (χ1v) is 7.27. The lowest BCUT2D eigenvalue weighted by atomic mass is 10.1. The molecule has 0 aliphatic carbocycles. The van der Waals surface area contributed by atoms with Crippen LogP contribution in [0.1, 0.15) is 5.56 Å². The van der Waals surface area contributed by atoms with Crippen molar-refractivity contribution < 1.29 is 0 Å². The molecule has 0 saturated carbocycles. The van der Waals surface area contributed by atoms with E-state index in [1.807, 2.05) is 30.3 Å². The minimum absolute atomic E-state index is 0.0425. The molecule has 0 saturated heterocycles. The predicted octanol–water partition coefficient (Wildman–Crippen LogP) is 3.51. The molecule has 18 heavy (non-hydrogen) atoms. The first-order valence-electron chi connectivity index (χ1n) is 5.35. The summed E-state index contributed by atoms with van der Waals surface area (Å²) in [5, 5.41) is 1.37. The van der Waals surface area contributed by atoms with Crippen LogP contribution < -0.4 is 5.56 Å². The van der Waals surface area contributed by atoms with Gasteiger partial charge in [0, 0.05) is 16.0 Å². The average Bonchev–Trinajstić information content (AvgIpc) is 2.40. The second-order valence-corrected chi connectivity index (χ2v) is 5.45. The van der Waals surface area contributed by atoms with E-state index in [0.717, 1.165) is 20.9 Å². The molecule has 0 aliphatic heterocycles. The Morgan fingerprint density at radius 3 is 2.83 bits per heavy atom. The quantitative estimate of drug-likeness (QED) is 0.487. The Bertz CT molecular complexity index is 811. The number of benzene rings is 1. The lowest BCUT2D eigenvalue weighted by molar-refractivity contribution is 1.07. The zero-order valence-corrected chi connectivity index (χ0v) is 12.4. The van der Waals surface area contributed by atoms with Gasteiger partial charge in [0.05, 0.1) is 10.9 Å². The molecule has 2 heterocycles. The SMILES string of the molecule is O=c1c2cc(CBr)ccc2nc2ccc(Br)cn12. The summed E-state index contributed by atoms with van der Waals surface area (Å²) < 4.78 is 2.42. The van der Waals surface area contributed by atoms with Gasteiger partial charge in [-0.15, -0.1) is 0 Å². The van der Waals surface area contributed by atoms with Gasteiger partial charge in [-0.3, -0.25) is 9.20 Å². The van der Waals surface area contributed by atoms with Gasteiger partial charge in [-0.1, -0.05) is 22.0 Å². The molecule has 0 bridgehead atoms. The van der Waals surface area contributed by atoms with E-state index < -0.39 is 0 Å². The van der Waals surface area contributed by atoms with Crippen LogP contribution in [-0.2, 0) is 5.33 Å². The van der Waals surface area contributed by atoms with Crippen LogP contribution in [0.15, 0.2) is 45.8 Å². The number of halogens is 2. The summed E-state index contributed by atoms with van der Waals surface area (Å²) in [6, 6.07) is 9.44. The summed E-state index contributed by atoms with van der Waals surface area (Å²) in [5.41, 5.74) is 2.41. The number of fused-ring (bicyclic) bond motifs is 2.